The number of amides is 1. The van der Waals surface area contributed by atoms with Gasteiger partial charge in [0, 0.05) is 13.0 Å². The van der Waals surface area contributed by atoms with Crippen molar-refractivity contribution in [1.82, 2.24) is 4.90 Å². The molecule has 0 aromatic heterocycles. The summed E-state index contributed by atoms with van der Waals surface area (Å²) in [5, 5.41) is -0.395. The van der Waals surface area contributed by atoms with Gasteiger partial charge in [-0.25, -0.2) is 0 Å². The van der Waals surface area contributed by atoms with E-state index in [9.17, 15) is 9.59 Å². The molecule has 1 saturated heterocycles. The molecule has 1 atom stereocenters. The third-order valence-corrected chi connectivity index (χ3v) is 3.91. The molecule has 1 rings (SSSR count). The van der Waals surface area contributed by atoms with Crippen LogP contribution in [0.3, 0.4) is 0 Å². The number of nitrogens with zero attached hydrogens (tertiary/aromatic N) is 1. The van der Waals surface area contributed by atoms with Gasteiger partial charge in [0.15, 0.2) is 0 Å². The number of hydrogen-bond acceptors (Lipinski definition) is 6. The van der Waals surface area contributed by atoms with Crippen LogP contribution in [0.4, 0.5) is 0 Å². The zero-order chi connectivity index (χ0) is 14.3. The number of carbonyl (C=O) groups excluding carboxylic acids is 2. The quantitative estimate of drug-likeness (QED) is 0.549. The zero-order valence-corrected chi connectivity index (χ0v) is 12.8. The highest BCUT2D eigenvalue weighted by atomic mass is 32.2. The fraction of sp³-hybridized carbons (Fsp3) is 0.750. The molecule has 0 spiro atoms. The van der Waals surface area contributed by atoms with Crippen LogP contribution in [0.25, 0.3) is 0 Å². The van der Waals surface area contributed by atoms with Crippen LogP contribution in [-0.4, -0.2) is 52.7 Å². The Bertz CT molecular complexity index is 349. The first-order valence-electron chi connectivity index (χ1n) is 6.32. The van der Waals surface area contributed by atoms with E-state index in [0.29, 0.717) is 24.0 Å². The topological polar surface area (TPSA) is 55.8 Å². The summed E-state index contributed by atoms with van der Waals surface area (Å²) in [5.74, 6) is -0.199. The summed E-state index contributed by atoms with van der Waals surface area (Å²) in [6.45, 7) is 5.51. The molecule has 0 aromatic carbocycles. The van der Waals surface area contributed by atoms with Gasteiger partial charge in [0.05, 0.1) is 13.2 Å². The average molecular weight is 305 g/mol. The van der Waals surface area contributed by atoms with E-state index in [1.807, 2.05) is 6.92 Å². The van der Waals surface area contributed by atoms with Crippen molar-refractivity contribution in [2.24, 2.45) is 0 Å². The van der Waals surface area contributed by atoms with Gasteiger partial charge < -0.3 is 14.4 Å². The summed E-state index contributed by atoms with van der Waals surface area (Å²) in [4.78, 5) is 24.7. The smallest absolute Gasteiger partial charge is 0.319 e. The normalized spacial score (nSPS) is 16.3. The molecule has 5 nitrogen and oxygen atoms in total. The highest BCUT2D eigenvalue weighted by Crippen LogP contribution is 2.15. The van der Waals surface area contributed by atoms with E-state index in [1.54, 1.807) is 11.8 Å². The van der Waals surface area contributed by atoms with Gasteiger partial charge in [-0.15, -0.1) is 0 Å². The van der Waals surface area contributed by atoms with Crippen molar-refractivity contribution in [2.75, 3.05) is 26.3 Å². The first-order chi connectivity index (χ1) is 9.04. The molecule has 19 heavy (non-hydrogen) atoms. The van der Waals surface area contributed by atoms with Crippen LogP contribution in [0.15, 0.2) is 0 Å². The van der Waals surface area contributed by atoms with E-state index in [4.69, 9.17) is 21.7 Å². The van der Waals surface area contributed by atoms with Crippen LogP contribution in [0, 0.1) is 0 Å². The van der Waals surface area contributed by atoms with Gasteiger partial charge >= 0.3 is 5.97 Å². The second-order valence-corrected chi connectivity index (χ2v) is 6.04. The van der Waals surface area contributed by atoms with Crippen LogP contribution in [0.2, 0.25) is 0 Å². The number of likely N-dealkylation sites (tertiary alicyclic amines) is 1. The van der Waals surface area contributed by atoms with Crippen molar-refractivity contribution < 1.29 is 19.1 Å². The Balaban J connectivity index is 2.19. The lowest BCUT2D eigenvalue weighted by Gasteiger charge is -2.16. The molecular weight excluding hydrogens is 286 g/mol. The fourth-order valence-corrected chi connectivity index (χ4v) is 2.85. The zero-order valence-electron chi connectivity index (χ0n) is 11.2. The molecule has 1 aliphatic heterocycles. The van der Waals surface area contributed by atoms with Crippen LogP contribution >= 0.6 is 24.0 Å². The molecule has 1 unspecified atom stereocenters. The van der Waals surface area contributed by atoms with Gasteiger partial charge in [-0.1, -0.05) is 11.8 Å². The third kappa shape index (κ3) is 5.78. The lowest BCUT2D eigenvalue weighted by molar-refractivity contribution is -0.144. The van der Waals surface area contributed by atoms with Gasteiger partial charge in [-0.3, -0.25) is 9.59 Å². The van der Waals surface area contributed by atoms with Crippen molar-refractivity contribution >= 4 is 40.2 Å². The third-order valence-electron chi connectivity index (χ3n) is 2.64. The highest BCUT2D eigenvalue weighted by Gasteiger charge is 2.21. The van der Waals surface area contributed by atoms with E-state index in [0.717, 1.165) is 13.0 Å². The Kier molecular flexibility index (Phi) is 7.15. The fourth-order valence-electron chi connectivity index (χ4n) is 1.66. The average Bonchev–Trinajstić information content (AvgIpc) is 2.75. The predicted octanol–water partition coefficient (Wildman–Crippen LogP) is 1.60. The molecule has 0 radical (unpaired) electrons. The van der Waals surface area contributed by atoms with E-state index in [1.165, 1.54) is 11.8 Å². The standard InChI is InChI=1S/C12H19NO4S2/c1-3-16-12(18)19-9(2)11(15)17-8-7-13-6-4-5-10(13)14/h9H,3-8H2,1-2H3. The van der Waals surface area contributed by atoms with Gasteiger partial charge in [0.2, 0.25) is 10.3 Å². The van der Waals surface area contributed by atoms with Crippen LogP contribution in [0.1, 0.15) is 26.7 Å². The Morgan fingerprint density at radius 1 is 1.53 bits per heavy atom. The number of carbonyl (C=O) groups is 2. The summed E-state index contributed by atoms with van der Waals surface area (Å²) >= 11 is 6.11. The molecule has 1 fully saturated rings. The maximum absolute atomic E-state index is 11.7. The molecule has 108 valence electrons. The van der Waals surface area contributed by atoms with Crippen molar-refractivity contribution in [3.8, 4) is 0 Å². The molecule has 0 saturated carbocycles. The second kappa shape index (κ2) is 8.37. The van der Waals surface area contributed by atoms with E-state index < -0.39 is 5.25 Å². The first kappa shape index (κ1) is 16.2. The molecule has 0 aliphatic carbocycles. The van der Waals surface area contributed by atoms with Gasteiger partial charge in [0.25, 0.3) is 0 Å². The van der Waals surface area contributed by atoms with Crippen molar-refractivity contribution in [1.29, 1.82) is 0 Å². The number of thiocarbonyl (C=S) groups is 1. The molecule has 7 heteroatoms. The monoisotopic (exact) mass is 305 g/mol. The summed E-state index contributed by atoms with van der Waals surface area (Å²) in [5.41, 5.74) is 0. The van der Waals surface area contributed by atoms with Gasteiger partial charge in [-0.2, -0.15) is 0 Å². The largest absolute Gasteiger partial charge is 0.479 e. The predicted molar refractivity (Wildman–Crippen MR) is 78.1 cm³/mol. The number of esters is 1. The minimum atomic E-state index is -0.395. The number of thioether (sulfide) groups is 1. The summed E-state index contributed by atoms with van der Waals surface area (Å²) in [7, 11) is 0. The number of ether oxygens (including phenoxy) is 2. The van der Waals surface area contributed by atoms with Crippen molar-refractivity contribution in [3.63, 3.8) is 0 Å². The Hall–Kier alpha value is -0.820. The molecule has 1 amide bonds. The Morgan fingerprint density at radius 3 is 2.84 bits per heavy atom. The number of rotatable bonds is 6. The molecule has 1 heterocycles. The Labute approximate surface area is 123 Å². The van der Waals surface area contributed by atoms with E-state index >= 15 is 0 Å². The highest BCUT2D eigenvalue weighted by molar-refractivity contribution is 8.23. The summed E-state index contributed by atoms with van der Waals surface area (Å²) in [6.07, 6.45) is 1.49. The second-order valence-electron chi connectivity index (χ2n) is 4.09. The van der Waals surface area contributed by atoms with E-state index in [-0.39, 0.29) is 18.5 Å². The Morgan fingerprint density at radius 2 is 2.26 bits per heavy atom. The maximum Gasteiger partial charge on any atom is 0.319 e. The minimum absolute atomic E-state index is 0.135. The number of hydrogen-bond donors (Lipinski definition) is 0. The molecule has 0 bridgehead atoms. The van der Waals surface area contributed by atoms with Crippen molar-refractivity contribution in [2.45, 2.75) is 31.9 Å². The minimum Gasteiger partial charge on any atom is -0.479 e. The molecule has 1 aliphatic rings. The van der Waals surface area contributed by atoms with Crippen LogP contribution < -0.4 is 0 Å². The molecule has 0 N–H and O–H groups in total. The van der Waals surface area contributed by atoms with E-state index in [2.05, 4.69) is 0 Å². The lowest BCUT2D eigenvalue weighted by Crippen LogP contribution is -2.30. The van der Waals surface area contributed by atoms with Crippen LogP contribution in [0.5, 0.6) is 0 Å². The molecular formula is C12H19NO4S2. The first-order valence-corrected chi connectivity index (χ1v) is 7.61. The summed E-state index contributed by atoms with van der Waals surface area (Å²) in [6, 6.07) is 0. The molecule has 0 aromatic rings. The maximum atomic E-state index is 11.7. The van der Waals surface area contributed by atoms with Crippen LogP contribution in [-0.2, 0) is 19.1 Å². The van der Waals surface area contributed by atoms with Crippen molar-refractivity contribution in [3.05, 3.63) is 0 Å². The lowest BCUT2D eigenvalue weighted by atomic mass is 10.4. The van der Waals surface area contributed by atoms with Gasteiger partial charge in [0.1, 0.15) is 11.9 Å². The SMILES string of the molecule is CCOC(=S)SC(C)C(=O)OCCN1CCCC1=O. The summed E-state index contributed by atoms with van der Waals surface area (Å²) < 4.78 is 10.6. The van der Waals surface area contributed by atoms with Gasteiger partial charge in [-0.05, 0) is 32.5 Å².